The Labute approximate surface area is 116 Å². The highest BCUT2D eigenvalue weighted by molar-refractivity contribution is 5.37. The van der Waals surface area contributed by atoms with Gasteiger partial charge in [-0.25, -0.2) is 0 Å². The zero-order valence-corrected chi connectivity index (χ0v) is 12.5. The predicted molar refractivity (Wildman–Crippen MR) is 79.5 cm³/mol. The van der Waals surface area contributed by atoms with E-state index in [1.165, 1.54) is 19.3 Å². The number of rotatable bonds is 5. The van der Waals surface area contributed by atoms with Crippen LogP contribution in [0.1, 0.15) is 43.4 Å². The summed E-state index contributed by atoms with van der Waals surface area (Å²) in [5.74, 6) is 0.396. The molecule has 1 aromatic carbocycles. The number of benzene rings is 1. The number of nitrogens with one attached hydrogen (secondary N) is 1. The molecule has 1 aliphatic carbocycles. The molecule has 1 saturated carbocycles. The first-order valence-electron chi connectivity index (χ1n) is 7.15. The van der Waals surface area contributed by atoms with E-state index in [9.17, 15) is 5.11 Å². The first-order valence-corrected chi connectivity index (χ1v) is 7.15. The maximum absolute atomic E-state index is 10.0. The van der Waals surface area contributed by atoms with Gasteiger partial charge in [-0.3, -0.25) is 0 Å². The molecule has 0 radical (unpaired) electrons. The molecule has 1 fully saturated rings. The number of nitrogens with zero attached hydrogens (tertiary/aromatic N) is 1. The largest absolute Gasteiger partial charge is 0.508 e. The highest BCUT2D eigenvalue weighted by Gasteiger charge is 2.38. The van der Waals surface area contributed by atoms with Gasteiger partial charge in [-0.2, -0.15) is 0 Å². The van der Waals surface area contributed by atoms with Gasteiger partial charge in [-0.15, -0.1) is 0 Å². The zero-order valence-electron chi connectivity index (χ0n) is 12.5. The van der Waals surface area contributed by atoms with Crippen molar-refractivity contribution >= 4 is 0 Å². The lowest BCUT2D eigenvalue weighted by Gasteiger charge is -2.48. The van der Waals surface area contributed by atoms with Gasteiger partial charge in [0.05, 0.1) is 0 Å². The van der Waals surface area contributed by atoms with Crippen LogP contribution in [0.2, 0.25) is 0 Å². The molecule has 0 amide bonds. The van der Waals surface area contributed by atoms with Gasteiger partial charge in [0, 0.05) is 23.7 Å². The number of phenols is 1. The van der Waals surface area contributed by atoms with Gasteiger partial charge in [0.1, 0.15) is 5.75 Å². The Hall–Kier alpha value is -1.06. The minimum atomic E-state index is 0.179. The summed E-state index contributed by atoms with van der Waals surface area (Å²) in [6.45, 7) is 5.10. The molecule has 0 aromatic heterocycles. The molecule has 1 aliphatic rings. The summed E-state index contributed by atoms with van der Waals surface area (Å²) in [6.07, 6.45) is 3.85. The maximum atomic E-state index is 10.0. The minimum Gasteiger partial charge on any atom is -0.508 e. The maximum Gasteiger partial charge on any atom is 0.120 e. The van der Waals surface area contributed by atoms with E-state index >= 15 is 0 Å². The molecule has 106 valence electrons. The SMILES string of the molecule is Cc1ccc(C(C)NCC2(N(C)C)CCC2)c(O)c1. The summed E-state index contributed by atoms with van der Waals surface area (Å²) in [7, 11) is 4.32. The molecule has 1 aromatic rings. The zero-order chi connectivity index (χ0) is 14.0. The summed E-state index contributed by atoms with van der Waals surface area (Å²) in [5.41, 5.74) is 2.39. The number of phenolic OH excluding ortho intramolecular Hbond substituents is 1. The fraction of sp³-hybridized carbons (Fsp3) is 0.625. The average Bonchev–Trinajstić information content (AvgIpc) is 2.26. The highest BCUT2D eigenvalue weighted by atomic mass is 16.3. The lowest BCUT2D eigenvalue weighted by atomic mass is 9.75. The Morgan fingerprint density at radius 3 is 2.53 bits per heavy atom. The Bertz CT molecular complexity index is 438. The summed E-state index contributed by atoms with van der Waals surface area (Å²) < 4.78 is 0. The van der Waals surface area contributed by atoms with Crippen molar-refractivity contribution in [3.8, 4) is 5.75 Å². The Balaban J connectivity index is 1.99. The van der Waals surface area contributed by atoms with Crippen molar-refractivity contribution in [2.24, 2.45) is 0 Å². The van der Waals surface area contributed by atoms with E-state index in [0.717, 1.165) is 17.7 Å². The lowest BCUT2D eigenvalue weighted by Crippen LogP contribution is -2.56. The Morgan fingerprint density at radius 2 is 2.05 bits per heavy atom. The molecule has 19 heavy (non-hydrogen) atoms. The molecule has 3 nitrogen and oxygen atoms in total. The van der Waals surface area contributed by atoms with Crippen molar-refractivity contribution in [3.63, 3.8) is 0 Å². The van der Waals surface area contributed by atoms with E-state index in [0.29, 0.717) is 11.3 Å². The quantitative estimate of drug-likeness (QED) is 0.856. The van der Waals surface area contributed by atoms with Crippen LogP contribution in [-0.2, 0) is 0 Å². The third-order valence-electron chi connectivity index (χ3n) is 4.62. The second-order valence-corrected chi connectivity index (χ2v) is 6.14. The van der Waals surface area contributed by atoms with Gasteiger partial charge >= 0.3 is 0 Å². The Kier molecular flexibility index (Phi) is 4.16. The van der Waals surface area contributed by atoms with Crippen LogP contribution in [0.4, 0.5) is 0 Å². The van der Waals surface area contributed by atoms with E-state index < -0.39 is 0 Å². The van der Waals surface area contributed by atoms with Gasteiger partial charge < -0.3 is 15.3 Å². The van der Waals surface area contributed by atoms with Gasteiger partial charge in [0.15, 0.2) is 0 Å². The summed E-state index contributed by atoms with van der Waals surface area (Å²) in [4.78, 5) is 2.34. The first kappa shape index (κ1) is 14.4. The van der Waals surface area contributed by atoms with Crippen LogP contribution in [0.5, 0.6) is 5.75 Å². The second kappa shape index (κ2) is 5.51. The van der Waals surface area contributed by atoms with Crippen molar-refractivity contribution in [1.29, 1.82) is 0 Å². The van der Waals surface area contributed by atoms with Crippen LogP contribution in [0.25, 0.3) is 0 Å². The summed E-state index contributed by atoms with van der Waals surface area (Å²) in [6, 6.07) is 6.08. The standard InChI is InChI=1S/C16H26N2O/c1-12-6-7-14(15(19)10-12)13(2)17-11-16(18(3)4)8-5-9-16/h6-7,10,13,17,19H,5,8-9,11H2,1-4H3. The van der Waals surface area contributed by atoms with Crippen molar-refractivity contribution in [2.75, 3.05) is 20.6 Å². The van der Waals surface area contributed by atoms with Crippen LogP contribution in [0.3, 0.4) is 0 Å². The van der Waals surface area contributed by atoms with E-state index in [1.54, 1.807) is 0 Å². The Morgan fingerprint density at radius 1 is 1.37 bits per heavy atom. The number of aromatic hydroxyl groups is 1. The van der Waals surface area contributed by atoms with Gasteiger partial charge in [-0.05, 0) is 58.8 Å². The molecule has 2 N–H and O–H groups in total. The van der Waals surface area contributed by atoms with Crippen LogP contribution < -0.4 is 5.32 Å². The monoisotopic (exact) mass is 262 g/mol. The first-order chi connectivity index (χ1) is 8.94. The van der Waals surface area contributed by atoms with Crippen molar-refractivity contribution in [1.82, 2.24) is 10.2 Å². The number of likely N-dealkylation sites (N-methyl/N-ethyl adjacent to an activating group) is 1. The fourth-order valence-corrected chi connectivity index (χ4v) is 2.84. The molecular formula is C16H26N2O. The van der Waals surface area contributed by atoms with Crippen LogP contribution >= 0.6 is 0 Å². The molecule has 0 spiro atoms. The smallest absolute Gasteiger partial charge is 0.120 e. The molecular weight excluding hydrogens is 236 g/mol. The molecule has 1 atom stereocenters. The third kappa shape index (κ3) is 2.93. The van der Waals surface area contributed by atoms with Crippen molar-refractivity contribution in [3.05, 3.63) is 29.3 Å². The van der Waals surface area contributed by atoms with E-state index in [4.69, 9.17) is 0 Å². The normalized spacial score (nSPS) is 19.2. The summed E-state index contributed by atoms with van der Waals surface area (Å²) in [5, 5.41) is 13.6. The van der Waals surface area contributed by atoms with Crippen LogP contribution in [0, 0.1) is 6.92 Å². The van der Waals surface area contributed by atoms with Crippen molar-refractivity contribution in [2.45, 2.75) is 44.7 Å². The minimum absolute atomic E-state index is 0.179. The number of hydrogen-bond acceptors (Lipinski definition) is 3. The van der Waals surface area contributed by atoms with E-state index in [1.807, 2.05) is 19.1 Å². The highest BCUT2D eigenvalue weighted by Crippen LogP contribution is 2.36. The molecule has 0 saturated heterocycles. The van der Waals surface area contributed by atoms with E-state index in [2.05, 4.69) is 37.3 Å². The molecule has 3 heteroatoms. The molecule has 0 bridgehead atoms. The van der Waals surface area contributed by atoms with Gasteiger partial charge in [0.2, 0.25) is 0 Å². The second-order valence-electron chi connectivity index (χ2n) is 6.14. The van der Waals surface area contributed by atoms with Crippen molar-refractivity contribution < 1.29 is 5.11 Å². The molecule has 0 aliphatic heterocycles. The van der Waals surface area contributed by atoms with Gasteiger partial charge in [0.25, 0.3) is 0 Å². The molecule has 2 rings (SSSR count). The molecule has 1 unspecified atom stereocenters. The number of hydrogen-bond donors (Lipinski definition) is 2. The van der Waals surface area contributed by atoms with E-state index in [-0.39, 0.29) is 6.04 Å². The molecule has 0 heterocycles. The lowest BCUT2D eigenvalue weighted by molar-refractivity contribution is 0.0575. The topological polar surface area (TPSA) is 35.5 Å². The van der Waals surface area contributed by atoms with Crippen LogP contribution in [-0.4, -0.2) is 36.2 Å². The summed E-state index contributed by atoms with van der Waals surface area (Å²) >= 11 is 0. The fourth-order valence-electron chi connectivity index (χ4n) is 2.84. The number of aryl methyl sites for hydroxylation is 1. The third-order valence-corrected chi connectivity index (χ3v) is 4.62. The predicted octanol–water partition coefficient (Wildman–Crippen LogP) is 2.84. The van der Waals surface area contributed by atoms with Gasteiger partial charge in [-0.1, -0.05) is 12.1 Å². The van der Waals surface area contributed by atoms with Crippen LogP contribution in [0.15, 0.2) is 18.2 Å². The average molecular weight is 262 g/mol.